The third-order valence-electron chi connectivity index (χ3n) is 4.79. The van der Waals surface area contributed by atoms with Crippen molar-refractivity contribution < 1.29 is 9.85 Å². The molecule has 2 aliphatic heterocycles. The van der Waals surface area contributed by atoms with E-state index in [2.05, 4.69) is 4.90 Å². The van der Waals surface area contributed by atoms with Crippen LogP contribution in [0.15, 0.2) is 12.1 Å². The number of hydrogen-bond acceptors (Lipinski definition) is 6. The molecule has 2 atom stereocenters. The smallest absolute Gasteiger partial charge is 0.299 e. The van der Waals surface area contributed by atoms with Crippen molar-refractivity contribution in [2.24, 2.45) is 0 Å². The van der Waals surface area contributed by atoms with Gasteiger partial charge in [-0.15, -0.1) is 0 Å². The molecule has 8 nitrogen and oxygen atoms in total. The predicted molar refractivity (Wildman–Crippen MR) is 76.5 cm³/mol. The Bertz CT molecular complexity index is 662. The highest BCUT2D eigenvalue weighted by molar-refractivity contribution is 5.77. The Morgan fingerprint density at radius 2 is 1.90 bits per heavy atom. The minimum absolute atomic E-state index is 0.00629. The van der Waals surface area contributed by atoms with E-state index in [4.69, 9.17) is 0 Å². The van der Waals surface area contributed by atoms with Crippen LogP contribution in [0.1, 0.15) is 18.9 Å². The Hall–Kier alpha value is -2.22. The van der Waals surface area contributed by atoms with E-state index in [1.807, 2.05) is 25.9 Å². The number of benzene rings is 1. The predicted octanol–water partition coefficient (Wildman–Crippen LogP) is 1.87. The minimum atomic E-state index is -0.567. The van der Waals surface area contributed by atoms with Crippen molar-refractivity contribution in [2.75, 3.05) is 25.5 Å². The van der Waals surface area contributed by atoms with Gasteiger partial charge in [0.15, 0.2) is 0 Å². The Kier molecular flexibility index (Phi) is 2.71. The van der Waals surface area contributed by atoms with Gasteiger partial charge in [-0.05, 0) is 19.0 Å². The summed E-state index contributed by atoms with van der Waals surface area (Å²) < 4.78 is 0. The van der Waals surface area contributed by atoms with Crippen molar-refractivity contribution in [3.05, 3.63) is 37.9 Å². The summed E-state index contributed by atoms with van der Waals surface area (Å²) in [5, 5.41) is 22.4. The van der Waals surface area contributed by atoms with E-state index in [-0.39, 0.29) is 23.0 Å². The van der Waals surface area contributed by atoms with Crippen molar-refractivity contribution in [1.29, 1.82) is 0 Å². The van der Waals surface area contributed by atoms with Crippen LogP contribution in [-0.4, -0.2) is 41.6 Å². The molecule has 0 spiro atoms. The molecule has 112 valence electrons. The fourth-order valence-corrected chi connectivity index (χ4v) is 3.92. The van der Waals surface area contributed by atoms with Crippen LogP contribution >= 0.6 is 0 Å². The first-order valence-electron chi connectivity index (χ1n) is 6.68. The van der Waals surface area contributed by atoms with E-state index >= 15 is 0 Å². The molecule has 0 N–H and O–H groups in total. The van der Waals surface area contributed by atoms with Crippen molar-refractivity contribution in [1.82, 2.24) is 4.90 Å². The molecule has 0 saturated carbocycles. The van der Waals surface area contributed by atoms with E-state index in [9.17, 15) is 20.2 Å². The normalized spacial score (nSPS) is 27.6. The summed E-state index contributed by atoms with van der Waals surface area (Å²) in [7, 11) is 3.79. The molecule has 8 heteroatoms. The molecule has 0 amide bonds. The molecule has 0 aromatic heterocycles. The molecule has 1 aromatic carbocycles. The zero-order chi connectivity index (χ0) is 15.5. The van der Waals surface area contributed by atoms with Gasteiger partial charge in [-0.25, -0.2) is 0 Å². The topological polar surface area (TPSA) is 92.8 Å². The fraction of sp³-hybridized carbons (Fsp3) is 0.538. The van der Waals surface area contributed by atoms with Gasteiger partial charge in [-0.3, -0.25) is 25.1 Å². The van der Waals surface area contributed by atoms with E-state index in [0.29, 0.717) is 11.3 Å². The summed E-state index contributed by atoms with van der Waals surface area (Å²) >= 11 is 0. The van der Waals surface area contributed by atoms with Gasteiger partial charge in [0, 0.05) is 25.1 Å². The molecule has 2 unspecified atom stereocenters. The Balaban J connectivity index is 2.30. The molecular weight excluding hydrogens is 276 g/mol. The molecule has 2 aliphatic rings. The summed E-state index contributed by atoms with van der Waals surface area (Å²) in [4.78, 5) is 25.3. The maximum absolute atomic E-state index is 11.3. The lowest BCUT2D eigenvalue weighted by Crippen LogP contribution is -2.45. The van der Waals surface area contributed by atoms with Crippen LogP contribution in [0.5, 0.6) is 0 Å². The van der Waals surface area contributed by atoms with Crippen molar-refractivity contribution in [3.8, 4) is 0 Å². The molecule has 3 rings (SSSR count). The standard InChI is InChI=1S/C13H16N4O4/c1-13-4-5-14(2)12(13)15(3)11-9(13)6-8(16(18)19)7-10(11)17(20)21/h6-7,12H,4-5H2,1-3H3. The van der Waals surface area contributed by atoms with Gasteiger partial charge in [-0.2, -0.15) is 0 Å². The van der Waals surface area contributed by atoms with Crippen molar-refractivity contribution in [3.63, 3.8) is 0 Å². The number of hydrogen-bond donors (Lipinski definition) is 0. The number of likely N-dealkylation sites (N-methyl/N-ethyl adjacent to an activating group) is 2. The molecule has 1 saturated heterocycles. The quantitative estimate of drug-likeness (QED) is 0.610. The van der Waals surface area contributed by atoms with Crippen LogP contribution in [0.2, 0.25) is 0 Å². The Labute approximate surface area is 121 Å². The van der Waals surface area contributed by atoms with Gasteiger partial charge >= 0.3 is 0 Å². The summed E-state index contributed by atoms with van der Waals surface area (Å²) in [5.74, 6) is 0. The van der Waals surface area contributed by atoms with Crippen LogP contribution in [0, 0.1) is 20.2 Å². The van der Waals surface area contributed by atoms with Crippen molar-refractivity contribution >= 4 is 17.1 Å². The maximum atomic E-state index is 11.3. The molecule has 0 radical (unpaired) electrons. The summed E-state index contributed by atoms with van der Waals surface area (Å²) in [5.41, 5.74) is 0.483. The highest BCUT2D eigenvalue weighted by Gasteiger charge is 2.55. The lowest BCUT2D eigenvalue weighted by Gasteiger charge is -2.32. The first-order chi connectivity index (χ1) is 9.77. The highest BCUT2D eigenvalue weighted by atomic mass is 16.6. The molecule has 0 bridgehead atoms. The Morgan fingerprint density at radius 1 is 1.24 bits per heavy atom. The number of non-ortho nitro benzene ring substituents is 1. The first-order valence-corrected chi connectivity index (χ1v) is 6.68. The third-order valence-corrected chi connectivity index (χ3v) is 4.79. The fourth-order valence-electron chi connectivity index (χ4n) is 3.92. The number of nitro benzene ring substituents is 2. The first kappa shape index (κ1) is 13.7. The van der Waals surface area contributed by atoms with E-state index < -0.39 is 9.85 Å². The molecular formula is C13H16N4O4. The molecule has 21 heavy (non-hydrogen) atoms. The summed E-state index contributed by atoms with van der Waals surface area (Å²) in [6.45, 7) is 2.89. The zero-order valence-corrected chi connectivity index (χ0v) is 12.1. The van der Waals surface area contributed by atoms with Crippen LogP contribution < -0.4 is 4.90 Å². The van der Waals surface area contributed by atoms with Crippen LogP contribution in [-0.2, 0) is 5.41 Å². The maximum Gasteiger partial charge on any atom is 0.299 e. The second-order valence-electron chi connectivity index (χ2n) is 6.01. The lowest BCUT2D eigenvalue weighted by molar-refractivity contribution is -0.393. The molecule has 2 heterocycles. The van der Waals surface area contributed by atoms with Gasteiger partial charge in [0.25, 0.3) is 11.4 Å². The SMILES string of the molecule is CN1CCC2(C)c3cc([N+](=O)[O-])cc([N+](=O)[O-])c3N(C)C12. The largest absolute Gasteiger partial charge is 0.352 e. The Morgan fingerprint density at radius 3 is 2.48 bits per heavy atom. The van der Waals surface area contributed by atoms with Crippen LogP contribution in [0.4, 0.5) is 17.1 Å². The number of likely N-dealkylation sites (tertiary alicyclic amines) is 1. The molecule has 1 fully saturated rings. The summed E-state index contributed by atoms with van der Waals surface area (Å²) in [6.07, 6.45) is 0.817. The molecule has 1 aromatic rings. The zero-order valence-electron chi connectivity index (χ0n) is 12.1. The van der Waals surface area contributed by atoms with E-state index in [1.54, 1.807) is 0 Å². The van der Waals surface area contributed by atoms with Crippen LogP contribution in [0.25, 0.3) is 0 Å². The van der Waals surface area contributed by atoms with Gasteiger partial charge in [0.2, 0.25) is 0 Å². The number of nitrogens with zero attached hydrogens (tertiary/aromatic N) is 4. The van der Waals surface area contributed by atoms with Gasteiger partial charge in [-0.1, -0.05) is 6.92 Å². The second kappa shape index (κ2) is 4.14. The summed E-state index contributed by atoms with van der Waals surface area (Å²) in [6, 6.07) is 2.55. The average molecular weight is 292 g/mol. The monoisotopic (exact) mass is 292 g/mol. The lowest BCUT2D eigenvalue weighted by atomic mass is 9.81. The number of rotatable bonds is 2. The second-order valence-corrected chi connectivity index (χ2v) is 6.01. The van der Waals surface area contributed by atoms with Crippen molar-refractivity contribution in [2.45, 2.75) is 24.9 Å². The minimum Gasteiger partial charge on any atom is -0.352 e. The average Bonchev–Trinajstić information content (AvgIpc) is 2.83. The molecule has 0 aliphatic carbocycles. The van der Waals surface area contributed by atoms with E-state index in [0.717, 1.165) is 19.0 Å². The number of fused-ring (bicyclic) bond motifs is 3. The van der Waals surface area contributed by atoms with E-state index in [1.165, 1.54) is 6.07 Å². The number of anilines is 1. The van der Waals surface area contributed by atoms with Gasteiger partial charge in [0.1, 0.15) is 5.69 Å². The van der Waals surface area contributed by atoms with Crippen LogP contribution in [0.3, 0.4) is 0 Å². The highest BCUT2D eigenvalue weighted by Crippen LogP contribution is 2.54. The third kappa shape index (κ3) is 1.65. The van der Waals surface area contributed by atoms with Gasteiger partial charge in [0.05, 0.1) is 22.1 Å². The van der Waals surface area contributed by atoms with Gasteiger partial charge < -0.3 is 4.90 Å². The number of nitro groups is 2.